The number of benzene rings is 1. The second-order valence-electron chi connectivity index (χ2n) is 5.94. The van der Waals surface area contributed by atoms with E-state index in [9.17, 15) is 4.79 Å². The molecule has 0 heterocycles. The highest BCUT2D eigenvalue weighted by Gasteiger charge is 2.15. The molecule has 0 saturated heterocycles. The highest BCUT2D eigenvalue weighted by molar-refractivity contribution is 5.75. The van der Waals surface area contributed by atoms with E-state index in [1.54, 1.807) is 0 Å². The van der Waals surface area contributed by atoms with Crippen molar-refractivity contribution >= 4 is 5.97 Å². The summed E-state index contributed by atoms with van der Waals surface area (Å²) in [5.41, 5.74) is 6.95. The Morgan fingerprint density at radius 2 is 1.59 bits per heavy atom. The summed E-state index contributed by atoms with van der Waals surface area (Å²) in [6.07, 6.45) is 10.5. The Labute approximate surface area is 135 Å². The third-order valence-electron chi connectivity index (χ3n) is 3.84. The predicted octanol–water partition coefficient (Wildman–Crippen LogP) is 4.24. The van der Waals surface area contributed by atoms with Gasteiger partial charge in [-0.05, 0) is 18.4 Å². The number of hydrogen-bond donors (Lipinski definition) is 1. The van der Waals surface area contributed by atoms with Crippen molar-refractivity contribution in [1.29, 1.82) is 0 Å². The van der Waals surface area contributed by atoms with E-state index in [1.165, 1.54) is 38.5 Å². The summed E-state index contributed by atoms with van der Waals surface area (Å²) in [4.78, 5) is 11.8. The van der Waals surface area contributed by atoms with Crippen molar-refractivity contribution in [2.75, 3.05) is 6.61 Å². The number of rotatable bonds is 12. The van der Waals surface area contributed by atoms with Gasteiger partial charge < -0.3 is 10.5 Å². The average Bonchev–Trinajstić information content (AvgIpc) is 2.54. The molecule has 22 heavy (non-hydrogen) atoms. The van der Waals surface area contributed by atoms with Crippen LogP contribution in [0.5, 0.6) is 0 Å². The topological polar surface area (TPSA) is 52.3 Å². The number of carbonyl (C=O) groups excluding carboxylic acids is 1. The first-order chi connectivity index (χ1) is 10.7. The molecule has 3 nitrogen and oxygen atoms in total. The fraction of sp³-hybridized carbons (Fsp3) is 0.632. The highest BCUT2D eigenvalue weighted by atomic mass is 16.5. The van der Waals surface area contributed by atoms with Crippen LogP contribution in [0.25, 0.3) is 0 Å². The summed E-state index contributed by atoms with van der Waals surface area (Å²) in [5, 5.41) is 0. The van der Waals surface area contributed by atoms with E-state index >= 15 is 0 Å². The van der Waals surface area contributed by atoms with E-state index in [0.29, 0.717) is 13.0 Å². The maximum absolute atomic E-state index is 11.8. The molecule has 0 aliphatic carbocycles. The van der Waals surface area contributed by atoms with Gasteiger partial charge in [-0.15, -0.1) is 0 Å². The van der Waals surface area contributed by atoms with Gasteiger partial charge in [-0.1, -0.05) is 82.2 Å². The average molecular weight is 305 g/mol. The van der Waals surface area contributed by atoms with E-state index in [-0.39, 0.29) is 5.97 Å². The Bertz CT molecular complexity index is 392. The molecule has 1 rings (SSSR count). The normalized spacial score (nSPS) is 12.1. The van der Waals surface area contributed by atoms with Gasteiger partial charge in [0.25, 0.3) is 0 Å². The van der Waals surface area contributed by atoms with Crippen molar-refractivity contribution in [2.24, 2.45) is 5.73 Å². The largest absolute Gasteiger partial charge is 0.465 e. The lowest BCUT2D eigenvalue weighted by Crippen LogP contribution is -2.34. The first kappa shape index (κ1) is 18.7. The molecule has 2 N–H and O–H groups in total. The zero-order valence-corrected chi connectivity index (χ0v) is 13.9. The van der Waals surface area contributed by atoms with Gasteiger partial charge in [-0.2, -0.15) is 0 Å². The monoisotopic (exact) mass is 305 g/mol. The third-order valence-corrected chi connectivity index (χ3v) is 3.84. The lowest BCUT2D eigenvalue weighted by molar-refractivity contribution is -0.145. The molecule has 0 aliphatic rings. The predicted molar refractivity (Wildman–Crippen MR) is 91.7 cm³/mol. The molecule has 0 fully saturated rings. The van der Waals surface area contributed by atoms with Gasteiger partial charge in [0.05, 0.1) is 6.61 Å². The Hall–Kier alpha value is -1.35. The molecule has 0 spiro atoms. The summed E-state index contributed by atoms with van der Waals surface area (Å²) < 4.78 is 5.26. The zero-order valence-electron chi connectivity index (χ0n) is 13.9. The van der Waals surface area contributed by atoms with Crippen LogP contribution in [0, 0.1) is 0 Å². The van der Waals surface area contributed by atoms with Crippen molar-refractivity contribution in [3.8, 4) is 0 Å². The van der Waals surface area contributed by atoms with E-state index in [2.05, 4.69) is 6.92 Å². The number of esters is 1. The number of ether oxygens (including phenoxy) is 1. The SMILES string of the molecule is CCCCCCCCCCOC(=O)[C@@H](N)Cc1ccccc1. The second kappa shape index (κ2) is 12.2. The van der Waals surface area contributed by atoms with Crippen LogP contribution in [0.4, 0.5) is 0 Å². The minimum atomic E-state index is -0.559. The molecule has 0 radical (unpaired) electrons. The molecule has 3 heteroatoms. The number of hydrogen-bond acceptors (Lipinski definition) is 3. The van der Waals surface area contributed by atoms with Crippen molar-refractivity contribution in [1.82, 2.24) is 0 Å². The number of unbranched alkanes of at least 4 members (excludes halogenated alkanes) is 7. The van der Waals surface area contributed by atoms with E-state index < -0.39 is 6.04 Å². The molecule has 1 aromatic rings. The van der Waals surface area contributed by atoms with Crippen molar-refractivity contribution in [3.05, 3.63) is 35.9 Å². The Balaban J connectivity index is 2.01. The molecule has 0 amide bonds. The van der Waals surface area contributed by atoms with Crippen LogP contribution in [0.15, 0.2) is 30.3 Å². The fourth-order valence-electron chi connectivity index (χ4n) is 2.47. The minimum absolute atomic E-state index is 0.285. The number of carbonyl (C=O) groups is 1. The summed E-state index contributed by atoms with van der Waals surface area (Å²) in [7, 11) is 0. The van der Waals surface area contributed by atoms with Gasteiger partial charge in [0.15, 0.2) is 0 Å². The van der Waals surface area contributed by atoms with Gasteiger partial charge in [0.2, 0.25) is 0 Å². The Kier molecular flexibility index (Phi) is 10.4. The summed E-state index contributed by atoms with van der Waals surface area (Å²) >= 11 is 0. The Morgan fingerprint density at radius 1 is 1.00 bits per heavy atom. The molecule has 0 unspecified atom stereocenters. The van der Waals surface area contributed by atoms with Crippen LogP contribution < -0.4 is 5.73 Å². The van der Waals surface area contributed by atoms with Crippen molar-refractivity contribution in [2.45, 2.75) is 70.8 Å². The zero-order chi connectivity index (χ0) is 16.0. The van der Waals surface area contributed by atoms with Gasteiger partial charge in [-0.3, -0.25) is 4.79 Å². The lowest BCUT2D eigenvalue weighted by atomic mass is 10.1. The Morgan fingerprint density at radius 3 is 2.23 bits per heavy atom. The third kappa shape index (κ3) is 8.83. The van der Waals surface area contributed by atoms with Crippen LogP contribution >= 0.6 is 0 Å². The van der Waals surface area contributed by atoms with E-state index in [0.717, 1.165) is 18.4 Å². The maximum atomic E-state index is 11.8. The van der Waals surface area contributed by atoms with Gasteiger partial charge in [0.1, 0.15) is 6.04 Å². The highest BCUT2D eigenvalue weighted by Crippen LogP contribution is 2.09. The van der Waals surface area contributed by atoms with Crippen LogP contribution in [0.1, 0.15) is 63.9 Å². The summed E-state index contributed by atoms with van der Waals surface area (Å²) in [5.74, 6) is -0.285. The van der Waals surface area contributed by atoms with Crippen LogP contribution in [0.3, 0.4) is 0 Å². The quantitative estimate of drug-likeness (QED) is 0.464. The maximum Gasteiger partial charge on any atom is 0.323 e. The smallest absolute Gasteiger partial charge is 0.323 e. The van der Waals surface area contributed by atoms with Crippen LogP contribution in [-0.4, -0.2) is 18.6 Å². The fourth-order valence-corrected chi connectivity index (χ4v) is 2.47. The molecule has 0 bridgehead atoms. The molecule has 0 aromatic heterocycles. The summed E-state index contributed by atoms with van der Waals surface area (Å²) in [6, 6.07) is 9.26. The van der Waals surface area contributed by atoms with Gasteiger partial charge >= 0.3 is 5.97 Å². The molecular weight excluding hydrogens is 274 g/mol. The molecule has 0 saturated carbocycles. The molecule has 0 aliphatic heterocycles. The molecular formula is C19H31NO2. The van der Waals surface area contributed by atoms with Crippen molar-refractivity contribution in [3.63, 3.8) is 0 Å². The molecule has 1 aromatic carbocycles. The standard InChI is InChI=1S/C19H31NO2/c1-2-3-4-5-6-7-8-12-15-22-19(21)18(20)16-17-13-10-9-11-14-17/h9-11,13-14,18H,2-8,12,15-16,20H2,1H3/t18-/m0/s1. The first-order valence-corrected chi connectivity index (χ1v) is 8.70. The number of nitrogens with two attached hydrogens (primary N) is 1. The minimum Gasteiger partial charge on any atom is -0.465 e. The van der Waals surface area contributed by atoms with Gasteiger partial charge in [0, 0.05) is 0 Å². The first-order valence-electron chi connectivity index (χ1n) is 8.70. The summed E-state index contributed by atoms with van der Waals surface area (Å²) in [6.45, 7) is 2.73. The van der Waals surface area contributed by atoms with Crippen LogP contribution in [-0.2, 0) is 16.0 Å². The second-order valence-corrected chi connectivity index (χ2v) is 5.94. The lowest BCUT2D eigenvalue weighted by Gasteiger charge is -2.11. The van der Waals surface area contributed by atoms with E-state index in [4.69, 9.17) is 10.5 Å². The van der Waals surface area contributed by atoms with Crippen LogP contribution in [0.2, 0.25) is 0 Å². The van der Waals surface area contributed by atoms with Gasteiger partial charge in [-0.25, -0.2) is 0 Å². The van der Waals surface area contributed by atoms with Crippen molar-refractivity contribution < 1.29 is 9.53 Å². The van der Waals surface area contributed by atoms with E-state index in [1.807, 2.05) is 30.3 Å². The molecule has 124 valence electrons. The molecule has 1 atom stereocenters.